The van der Waals surface area contributed by atoms with Gasteiger partial charge < -0.3 is 30.0 Å². The molecule has 1 unspecified atom stereocenters. The second kappa shape index (κ2) is 19.3. The number of hydrogen-bond acceptors (Lipinski definition) is 10. The molecule has 1 aromatic carbocycles. The highest BCUT2D eigenvalue weighted by atomic mass is 16.5. The van der Waals surface area contributed by atoms with Gasteiger partial charge in [-0.25, -0.2) is 0 Å². The molecule has 1 saturated heterocycles. The van der Waals surface area contributed by atoms with Gasteiger partial charge in [-0.15, -0.1) is 0 Å². The first-order valence-electron chi connectivity index (χ1n) is 12.9. The van der Waals surface area contributed by atoms with Gasteiger partial charge in [0.1, 0.15) is 19.3 Å². The van der Waals surface area contributed by atoms with Crippen molar-refractivity contribution in [3.05, 3.63) is 29.3 Å². The van der Waals surface area contributed by atoms with E-state index in [1.807, 2.05) is 0 Å². The van der Waals surface area contributed by atoms with Crippen LogP contribution in [0.25, 0.3) is 0 Å². The number of carbonyl (C=O) groups excluding carboxylic acids is 4. The Balaban J connectivity index is 1.68. The number of hydrogen-bond donors (Lipinski definition) is 3. The lowest BCUT2D eigenvalue weighted by Crippen LogP contribution is -2.54. The predicted molar refractivity (Wildman–Crippen MR) is 146 cm³/mol. The van der Waals surface area contributed by atoms with Crippen molar-refractivity contribution in [1.82, 2.24) is 10.2 Å². The van der Waals surface area contributed by atoms with Gasteiger partial charge in [0.2, 0.25) is 18.2 Å². The zero-order chi connectivity index (χ0) is 29.0. The summed E-state index contributed by atoms with van der Waals surface area (Å²) in [5.41, 5.74) is 6.72. The quantitative estimate of drug-likeness (QED) is 0.102. The lowest BCUT2D eigenvalue weighted by atomic mass is 10.0. The summed E-state index contributed by atoms with van der Waals surface area (Å²) in [4.78, 5) is 49.5. The van der Waals surface area contributed by atoms with Crippen LogP contribution in [0.4, 0.5) is 5.69 Å². The van der Waals surface area contributed by atoms with Gasteiger partial charge in [0, 0.05) is 25.2 Å². The molecule has 216 valence electrons. The van der Waals surface area contributed by atoms with Gasteiger partial charge in [0.05, 0.1) is 45.2 Å². The van der Waals surface area contributed by atoms with Crippen LogP contribution < -0.4 is 16.4 Å². The van der Waals surface area contributed by atoms with E-state index in [0.29, 0.717) is 70.4 Å². The third-order valence-corrected chi connectivity index (χ3v) is 5.54. The number of carbonyl (C=O) groups is 4. The number of imide groups is 2. The van der Waals surface area contributed by atoms with Crippen molar-refractivity contribution in [1.29, 1.82) is 0 Å². The number of rotatable bonds is 17. The molecule has 12 nitrogen and oxygen atoms in total. The molecule has 0 spiro atoms. The summed E-state index contributed by atoms with van der Waals surface area (Å²) < 4.78 is 21.3. The van der Waals surface area contributed by atoms with E-state index in [4.69, 9.17) is 24.7 Å². The highest BCUT2D eigenvalue weighted by molar-refractivity contribution is 6.09. The van der Waals surface area contributed by atoms with E-state index in [2.05, 4.69) is 34.3 Å². The van der Waals surface area contributed by atoms with Crippen LogP contribution in [-0.4, -0.2) is 101 Å². The van der Waals surface area contributed by atoms with Gasteiger partial charge in [0.25, 0.3) is 5.91 Å². The summed E-state index contributed by atoms with van der Waals surface area (Å²) in [6.45, 7) is 5.59. The van der Waals surface area contributed by atoms with Gasteiger partial charge in [-0.2, -0.15) is 0 Å². The Bertz CT molecular complexity index is 1120. The minimum Gasteiger partial charge on any atom is -0.382 e. The molecule has 1 atom stereocenters. The Hall–Kier alpha value is -3.78. The van der Waals surface area contributed by atoms with Crippen LogP contribution in [-0.2, 0) is 33.3 Å². The van der Waals surface area contributed by atoms with Crippen LogP contribution >= 0.6 is 0 Å². The number of amides is 4. The molecule has 0 aromatic heterocycles. The van der Waals surface area contributed by atoms with Crippen LogP contribution in [0.5, 0.6) is 0 Å². The van der Waals surface area contributed by atoms with E-state index in [0.717, 1.165) is 4.90 Å². The van der Waals surface area contributed by atoms with Gasteiger partial charge in [0.15, 0.2) is 0 Å². The number of nitrogens with one attached hydrogen (secondary N) is 2. The second-order valence-corrected chi connectivity index (χ2v) is 8.43. The van der Waals surface area contributed by atoms with Crippen LogP contribution in [0.3, 0.4) is 0 Å². The van der Waals surface area contributed by atoms with Crippen molar-refractivity contribution in [2.75, 3.05) is 71.3 Å². The second-order valence-electron chi connectivity index (χ2n) is 8.43. The maximum Gasteiger partial charge on any atom is 0.263 e. The summed E-state index contributed by atoms with van der Waals surface area (Å²) >= 11 is 0. The van der Waals surface area contributed by atoms with Gasteiger partial charge in [-0.05, 0) is 36.8 Å². The maximum absolute atomic E-state index is 13.2. The van der Waals surface area contributed by atoms with E-state index in [1.54, 1.807) is 25.1 Å². The molecule has 1 aliphatic rings. The largest absolute Gasteiger partial charge is 0.382 e. The van der Waals surface area contributed by atoms with Gasteiger partial charge >= 0.3 is 0 Å². The molecule has 0 radical (unpaired) electrons. The van der Waals surface area contributed by atoms with E-state index in [9.17, 15) is 19.2 Å². The van der Waals surface area contributed by atoms with Gasteiger partial charge in [-0.1, -0.05) is 24.0 Å². The summed E-state index contributed by atoms with van der Waals surface area (Å²) in [7, 11) is 0. The molecule has 40 heavy (non-hydrogen) atoms. The summed E-state index contributed by atoms with van der Waals surface area (Å²) in [5.74, 6) is 9.20. The Morgan fingerprint density at radius 3 is 2.33 bits per heavy atom. The maximum atomic E-state index is 13.2. The first-order valence-corrected chi connectivity index (χ1v) is 12.9. The van der Waals surface area contributed by atoms with E-state index in [1.165, 1.54) is 0 Å². The van der Waals surface area contributed by atoms with Crippen molar-refractivity contribution in [2.24, 2.45) is 5.73 Å². The van der Waals surface area contributed by atoms with E-state index >= 15 is 0 Å². The number of nitrogens with zero attached hydrogens (tertiary/aromatic N) is 1. The first-order chi connectivity index (χ1) is 19.5. The smallest absolute Gasteiger partial charge is 0.263 e. The molecule has 1 aromatic rings. The highest BCUT2D eigenvalue weighted by Crippen LogP contribution is 2.23. The number of aryl methyl sites for hydroxylation is 1. The lowest BCUT2D eigenvalue weighted by Gasteiger charge is -2.29. The Morgan fingerprint density at radius 2 is 1.70 bits per heavy atom. The molecule has 0 aliphatic carbocycles. The van der Waals surface area contributed by atoms with Crippen LogP contribution in [0.1, 0.15) is 28.8 Å². The molecule has 4 N–H and O–H groups in total. The Morgan fingerprint density at radius 1 is 1.05 bits per heavy atom. The highest BCUT2D eigenvalue weighted by Gasteiger charge is 2.35. The van der Waals surface area contributed by atoms with Crippen molar-refractivity contribution < 1.29 is 38.1 Å². The molecular weight excluding hydrogens is 520 g/mol. The van der Waals surface area contributed by atoms with Crippen LogP contribution in [0, 0.1) is 30.6 Å². The number of benzene rings is 1. The molecule has 1 fully saturated rings. The molecule has 1 heterocycles. The topological polar surface area (TPSA) is 159 Å². The zero-order valence-electron chi connectivity index (χ0n) is 22.7. The van der Waals surface area contributed by atoms with Crippen molar-refractivity contribution >= 4 is 29.8 Å². The monoisotopic (exact) mass is 556 g/mol. The molecule has 12 heteroatoms. The standard InChI is InChI=1S/C28H36N4O8/c1-22-7-6-8-23(26(22)28(36)32(21-33)24-9-10-25(34)31-27(24)35)30-12-16-40-20-18-38-14-5-3-2-4-13-37-17-19-39-15-11-29/h6-8,21,24,30H,9-20,29H2,1H3,(H,31,34,35). The minimum absolute atomic E-state index is 0.0527. The third-order valence-electron chi connectivity index (χ3n) is 5.54. The van der Waals surface area contributed by atoms with Crippen LogP contribution in [0.15, 0.2) is 18.2 Å². The van der Waals surface area contributed by atoms with Crippen molar-refractivity contribution in [3.63, 3.8) is 0 Å². The van der Waals surface area contributed by atoms with Crippen molar-refractivity contribution in [3.8, 4) is 23.7 Å². The molecule has 0 bridgehead atoms. The average Bonchev–Trinajstić information content (AvgIpc) is 2.94. The van der Waals surface area contributed by atoms with E-state index < -0.39 is 23.8 Å². The van der Waals surface area contributed by atoms with Gasteiger partial charge in [-0.3, -0.25) is 29.4 Å². The minimum atomic E-state index is -1.04. The third kappa shape index (κ3) is 11.5. The first kappa shape index (κ1) is 32.4. The summed E-state index contributed by atoms with van der Waals surface area (Å²) in [6.07, 6.45) is 0.466. The number of nitrogens with two attached hydrogens (primary N) is 1. The lowest BCUT2D eigenvalue weighted by molar-refractivity contribution is -0.139. The zero-order valence-corrected chi connectivity index (χ0v) is 22.7. The molecule has 1 aliphatic heterocycles. The number of anilines is 1. The molecule has 0 saturated carbocycles. The number of ether oxygens (including phenoxy) is 4. The molecular formula is C28H36N4O8. The molecule has 2 rings (SSSR count). The summed E-state index contributed by atoms with van der Waals surface area (Å²) in [5, 5.41) is 5.31. The fraction of sp³-hybridized carbons (Fsp3) is 0.500. The Labute approximate surface area is 234 Å². The summed E-state index contributed by atoms with van der Waals surface area (Å²) in [6, 6.07) is 4.19. The SMILES string of the molecule is Cc1cccc(NCCOCCOCC#CC#CCOCCOCCN)c1C(=O)N(C=O)C1CCC(=O)NC1=O. The van der Waals surface area contributed by atoms with Crippen LogP contribution in [0.2, 0.25) is 0 Å². The average molecular weight is 557 g/mol. The fourth-order valence-corrected chi connectivity index (χ4v) is 3.63. The van der Waals surface area contributed by atoms with E-state index in [-0.39, 0.29) is 31.6 Å². The fourth-order valence-electron chi connectivity index (χ4n) is 3.63. The number of piperidine rings is 1. The van der Waals surface area contributed by atoms with Crippen molar-refractivity contribution in [2.45, 2.75) is 25.8 Å². The normalized spacial score (nSPS) is 14.3. The predicted octanol–water partition coefficient (Wildman–Crippen LogP) is -0.157. The molecule has 4 amide bonds. The Kier molecular flexibility index (Phi) is 15.7.